The summed E-state index contributed by atoms with van der Waals surface area (Å²) < 4.78 is 10.7. The molecule has 112 valence electrons. The molecule has 1 aliphatic rings. The second-order valence-corrected chi connectivity index (χ2v) is 6.81. The van der Waals surface area contributed by atoms with Crippen LogP contribution in [0.1, 0.15) is 53.4 Å². The monoisotopic (exact) mass is 271 g/mol. The van der Waals surface area contributed by atoms with Gasteiger partial charge < -0.3 is 15.2 Å². The smallest absolute Gasteiger partial charge is 0.334 e. The van der Waals surface area contributed by atoms with Crippen molar-refractivity contribution in [2.45, 2.75) is 65.1 Å². The second kappa shape index (κ2) is 6.23. The first-order valence-corrected chi connectivity index (χ1v) is 7.20. The minimum absolute atomic E-state index is 0.328. The largest absolute Gasteiger partial charge is 0.467 e. The highest BCUT2D eigenvalue weighted by Crippen LogP contribution is 2.42. The summed E-state index contributed by atoms with van der Waals surface area (Å²) in [6.45, 7) is 9.05. The molecule has 2 N–H and O–H groups in total. The summed E-state index contributed by atoms with van der Waals surface area (Å²) in [4.78, 5) is 11.5. The van der Waals surface area contributed by atoms with Crippen molar-refractivity contribution < 1.29 is 14.3 Å². The molecule has 4 heteroatoms. The molecular weight excluding hydrogens is 242 g/mol. The molecule has 4 nitrogen and oxygen atoms in total. The number of rotatable bonds is 4. The summed E-state index contributed by atoms with van der Waals surface area (Å²) >= 11 is 0. The highest BCUT2D eigenvalue weighted by Gasteiger charge is 2.40. The number of carbonyl (C=O) groups excluding carboxylic acids is 1. The van der Waals surface area contributed by atoms with Crippen molar-refractivity contribution in [3.8, 4) is 0 Å². The van der Waals surface area contributed by atoms with Gasteiger partial charge in [0.15, 0.2) is 6.10 Å². The van der Waals surface area contributed by atoms with Gasteiger partial charge in [0.2, 0.25) is 0 Å². The van der Waals surface area contributed by atoms with E-state index in [1.54, 1.807) is 6.92 Å². The zero-order chi connectivity index (χ0) is 14.7. The maximum absolute atomic E-state index is 11.5. The Hall–Kier alpha value is -0.610. The number of methoxy groups -OCH3 is 1. The molecule has 19 heavy (non-hydrogen) atoms. The lowest BCUT2D eigenvalue weighted by molar-refractivity contribution is -0.170. The zero-order valence-corrected chi connectivity index (χ0v) is 13.0. The highest BCUT2D eigenvalue weighted by atomic mass is 16.6. The van der Waals surface area contributed by atoms with Crippen LogP contribution in [0.4, 0.5) is 0 Å². The summed E-state index contributed by atoms with van der Waals surface area (Å²) in [6.07, 6.45) is 3.52. The molecule has 0 aromatic rings. The average Bonchev–Trinajstić information content (AvgIpc) is 2.37. The molecule has 1 aliphatic carbocycles. The lowest BCUT2D eigenvalue weighted by Crippen LogP contribution is -2.48. The molecule has 0 amide bonds. The second-order valence-electron chi connectivity index (χ2n) is 6.81. The molecule has 0 aromatic carbocycles. The van der Waals surface area contributed by atoms with E-state index in [9.17, 15) is 4.79 Å². The molecule has 1 atom stereocenters. The standard InChI is InChI=1S/C15H29NO3/c1-11(13(17)18-5)19-15(10-16)8-6-12(7-9-15)14(2,3)4/h11-12H,6-10,16H2,1-5H3. The van der Waals surface area contributed by atoms with Crippen LogP contribution in [0, 0.1) is 11.3 Å². The van der Waals surface area contributed by atoms with E-state index >= 15 is 0 Å². The maximum atomic E-state index is 11.5. The first-order valence-electron chi connectivity index (χ1n) is 7.20. The summed E-state index contributed by atoms with van der Waals surface area (Å²) in [5.41, 5.74) is 5.88. The van der Waals surface area contributed by atoms with Crippen molar-refractivity contribution >= 4 is 5.97 Å². The molecule has 0 aromatic heterocycles. The molecule has 1 unspecified atom stereocenters. The van der Waals surface area contributed by atoms with E-state index in [0.29, 0.717) is 17.9 Å². The Morgan fingerprint density at radius 1 is 1.37 bits per heavy atom. The molecule has 0 bridgehead atoms. The minimum Gasteiger partial charge on any atom is -0.467 e. The minimum atomic E-state index is -0.542. The average molecular weight is 271 g/mol. The Morgan fingerprint density at radius 3 is 2.26 bits per heavy atom. The van der Waals surface area contributed by atoms with Gasteiger partial charge in [-0.2, -0.15) is 0 Å². The molecule has 0 spiro atoms. The van der Waals surface area contributed by atoms with Crippen LogP contribution in [-0.2, 0) is 14.3 Å². The third-order valence-corrected chi connectivity index (χ3v) is 4.45. The molecule has 0 radical (unpaired) electrons. The van der Waals surface area contributed by atoms with Gasteiger partial charge in [-0.15, -0.1) is 0 Å². The molecule has 1 rings (SSSR count). The number of carbonyl (C=O) groups is 1. The van der Waals surface area contributed by atoms with Gasteiger partial charge in [0, 0.05) is 6.54 Å². The molecule has 1 saturated carbocycles. The third-order valence-electron chi connectivity index (χ3n) is 4.45. The van der Waals surface area contributed by atoms with Crippen LogP contribution in [0.2, 0.25) is 0 Å². The molecule has 0 saturated heterocycles. The van der Waals surface area contributed by atoms with Crippen LogP contribution >= 0.6 is 0 Å². The SMILES string of the molecule is COC(=O)C(C)OC1(CN)CCC(C(C)(C)C)CC1. The van der Waals surface area contributed by atoms with Crippen LogP contribution in [0.5, 0.6) is 0 Å². The number of hydrogen-bond donors (Lipinski definition) is 1. The van der Waals surface area contributed by atoms with Crippen molar-refractivity contribution in [2.24, 2.45) is 17.1 Å². The van der Waals surface area contributed by atoms with E-state index in [1.807, 2.05) is 0 Å². The van der Waals surface area contributed by atoms with Crippen LogP contribution in [0.25, 0.3) is 0 Å². The maximum Gasteiger partial charge on any atom is 0.334 e. The normalized spacial score (nSPS) is 29.9. The fraction of sp³-hybridized carbons (Fsp3) is 0.933. The van der Waals surface area contributed by atoms with Crippen LogP contribution in [-0.4, -0.2) is 31.3 Å². The first kappa shape index (κ1) is 16.4. The van der Waals surface area contributed by atoms with Crippen molar-refractivity contribution in [3.05, 3.63) is 0 Å². The molecule has 0 heterocycles. The van der Waals surface area contributed by atoms with Gasteiger partial charge >= 0.3 is 5.97 Å². The van der Waals surface area contributed by atoms with E-state index in [0.717, 1.165) is 25.7 Å². The van der Waals surface area contributed by atoms with Crippen molar-refractivity contribution in [2.75, 3.05) is 13.7 Å². The Labute approximate surface area is 117 Å². The van der Waals surface area contributed by atoms with E-state index in [1.165, 1.54) is 7.11 Å². The topological polar surface area (TPSA) is 61.5 Å². The number of ether oxygens (including phenoxy) is 2. The number of nitrogens with two attached hydrogens (primary N) is 1. The lowest BCUT2D eigenvalue weighted by atomic mass is 9.68. The van der Waals surface area contributed by atoms with Crippen LogP contribution < -0.4 is 5.73 Å². The van der Waals surface area contributed by atoms with Crippen molar-refractivity contribution in [1.29, 1.82) is 0 Å². The summed E-state index contributed by atoms with van der Waals surface area (Å²) in [5, 5.41) is 0. The van der Waals surface area contributed by atoms with Gasteiger partial charge in [0.05, 0.1) is 12.7 Å². The number of hydrogen-bond acceptors (Lipinski definition) is 4. The van der Waals surface area contributed by atoms with Gasteiger partial charge in [-0.1, -0.05) is 20.8 Å². The lowest BCUT2D eigenvalue weighted by Gasteiger charge is -2.44. The van der Waals surface area contributed by atoms with Gasteiger partial charge in [-0.05, 0) is 43.9 Å². The Kier molecular flexibility index (Phi) is 5.39. The first-order chi connectivity index (χ1) is 8.74. The molecular formula is C15H29NO3. The van der Waals surface area contributed by atoms with Gasteiger partial charge in [-0.3, -0.25) is 0 Å². The van der Waals surface area contributed by atoms with Gasteiger partial charge in [-0.25, -0.2) is 4.79 Å². The van der Waals surface area contributed by atoms with E-state index < -0.39 is 6.10 Å². The van der Waals surface area contributed by atoms with E-state index in [4.69, 9.17) is 15.2 Å². The third kappa shape index (κ3) is 4.18. The zero-order valence-electron chi connectivity index (χ0n) is 13.0. The number of esters is 1. The van der Waals surface area contributed by atoms with Gasteiger partial charge in [0.25, 0.3) is 0 Å². The summed E-state index contributed by atoms with van der Waals surface area (Å²) in [7, 11) is 1.38. The Morgan fingerprint density at radius 2 is 1.89 bits per heavy atom. The fourth-order valence-electron chi connectivity index (χ4n) is 2.97. The highest BCUT2D eigenvalue weighted by molar-refractivity contribution is 5.74. The Balaban J connectivity index is 2.63. The quantitative estimate of drug-likeness (QED) is 0.798. The Bertz CT molecular complexity index is 301. The van der Waals surface area contributed by atoms with Crippen LogP contribution in [0.15, 0.2) is 0 Å². The summed E-state index contributed by atoms with van der Waals surface area (Å²) in [5.74, 6) is 0.370. The molecule has 1 fully saturated rings. The van der Waals surface area contributed by atoms with E-state index in [2.05, 4.69) is 20.8 Å². The van der Waals surface area contributed by atoms with Crippen molar-refractivity contribution in [1.82, 2.24) is 0 Å². The predicted molar refractivity (Wildman–Crippen MR) is 75.8 cm³/mol. The summed E-state index contributed by atoms with van der Waals surface area (Å²) in [6, 6.07) is 0. The van der Waals surface area contributed by atoms with E-state index in [-0.39, 0.29) is 11.6 Å². The van der Waals surface area contributed by atoms with Crippen molar-refractivity contribution in [3.63, 3.8) is 0 Å². The van der Waals surface area contributed by atoms with Crippen LogP contribution in [0.3, 0.4) is 0 Å². The predicted octanol–water partition coefficient (Wildman–Crippen LogP) is 2.50. The fourth-order valence-corrected chi connectivity index (χ4v) is 2.97. The molecule has 0 aliphatic heterocycles. The van der Waals surface area contributed by atoms with Gasteiger partial charge in [0.1, 0.15) is 0 Å².